The Bertz CT molecular complexity index is 374. The van der Waals surface area contributed by atoms with Gasteiger partial charge in [0.2, 0.25) is 0 Å². The molecule has 0 aliphatic heterocycles. The van der Waals surface area contributed by atoms with Gasteiger partial charge < -0.3 is 5.32 Å². The summed E-state index contributed by atoms with van der Waals surface area (Å²) in [5, 5.41) is 4.44. The fourth-order valence-corrected chi connectivity index (χ4v) is 4.60. The van der Waals surface area contributed by atoms with E-state index in [9.17, 15) is 0 Å². The summed E-state index contributed by atoms with van der Waals surface area (Å²) in [6.45, 7) is 8.16. The SMILES string of the molecule is CCNC1CCC(C)(C)CC1SCc1ccccc1. The Hall–Kier alpha value is -0.470. The molecule has 0 aromatic heterocycles. The number of hydrogen-bond acceptors (Lipinski definition) is 2. The quantitative estimate of drug-likeness (QED) is 0.852. The highest BCUT2D eigenvalue weighted by Crippen LogP contribution is 2.41. The predicted octanol–water partition coefficient (Wildman–Crippen LogP) is 4.48. The van der Waals surface area contributed by atoms with Crippen LogP contribution >= 0.6 is 11.8 Å². The maximum Gasteiger partial charge on any atom is 0.0209 e. The van der Waals surface area contributed by atoms with E-state index < -0.39 is 0 Å². The molecule has 1 aromatic carbocycles. The minimum atomic E-state index is 0.514. The van der Waals surface area contributed by atoms with Crippen molar-refractivity contribution >= 4 is 11.8 Å². The van der Waals surface area contributed by atoms with Crippen molar-refractivity contribution in [3.05, 3.63) is 35.9 Å². The molecule has 1 aliphatic carbocycles. The van der Waals surface area contributed by atoms with Crippen molar-refractivity contribution in [2.75, 3.05) is 6.54 Å². The topological polar surface area (TPSA) is 12.0 Å². The van der Waals surface area contributed by atoms with Gasteiger partial charge in [-0.15, -0.1) is 0 Å². The molecule has 1 aliphatic rings. The third-order valence-electron chi connectivity index (χ3n) is 4.11. The first-order chi connectivity index (χ1) is 9.11. The highest BCUT2D eigenvalue weighted by atomic mass is 32.2. The Morgan fingerprint density at radius 1 is 1.26 bits per heavy atom. The van der Waals surface area contributed by atoms with Crippen LogP contribution in [0.2, 0.25) is 0 Å². The fourth-order valence-electron chi connectivity index (χ4n) is 2.97. The van der Waals surface area contributed by atoms with Crippen LogP contribution in [0.5, 0.6) is 0 Å². The largest absolute Gasteiger partial charge is 0.313 e. The third-order valence-corrected chi connectivity index (χ3v) is 5.53. The van der Waals surface area contributed by atoms with Crippen molar-refractivity contribution in [2.24, 2.45) is 5.41 Å². The van der Waals surface area contributed by atoms with E-state index in [1.807, 2.05) is 0 Å². The Labute approximate surface area is 122 Å². The number of nitrogens with one attached hydrogen (secondary N) is 1. The first-order valence-corrected chi connectivity index (χ1v) is 8.54. The molecule has 2 atom stereocenters. The number of rotatable bonds is 5. The van der Waals surface area contributed by atoms with E-state index >= 15 is 0 Å². The summed E-state index contributed by atoms with van der Waals surface area (Å²) in [5.41, 5.74) is 1.96. The lowest BCUT2D eigenvalue weighted by molar-refractivity contribution is 0.215. The van der Waals surface area contributed by atoms with E-state index in [4.69, 9.17) is 0 Å². The lowest BCUT2D eigenvalue weighted by Gasteiger charge is -2.41. The van der Waals surface area contributed by atoms with Crippen LogP contribution in [0.15, 0.2) is 30.3 Å². The van der Waals surface area contributed by atoms with E-state index in [2.05, 4.69) is 68.2 Å². The van der Waals surface area contributed by atoms with Crippen molar-refractivity contribution < 1.29 is 0 Å². The Kier molecular flexibility index (Phi) is 5.35. The van der Waals surface area contributed by atoms with Gasteiger partial charge in [0, 0.05) is 17.0 Å². The molecule has 1 N–H and O–H groups in total. The van der Waals surface area contributed by atoms with Gasteiger partial charge in [-0.2, -0.15) is 11.8 Å². The molecule has 0 radical (unpaired) electrons. The van der Waals surface area contributed by atoms with Crippen LogP contribution in [-0.4, -0.2) is 17.8 Å². The molecule has 1 saturated carbocycles. The Morgan fingerprint density at radius 2 is 2.00 bits per heavy atom. The molecule has 0 bridgehead atoms. The first-order valence-electron chi connectivity index (χ1n) is 7.49. The normalized spacial score (nSPS) is 26.3. The molecule has 19 heavy (non-hydrogen) atoms. The lowest BCUT2D eigenvalue weighted by Crippen LogP contribution is -2.44. The standard InChI is InChI=1S/C17H27NS/c1-4-18-15-10-11-17(2,3)12-16(15)19-13-14-8-6-5-7-9-14/h5-9,15-16,18H,4,10-13H2,1-3H3. The van der Waals surface area contributed by atoms with Crippen LogP contribution in [0.25, 0.3) is 0 Å². The van der Waals surface area contributed by atoms with Crippen LogP contribution in [0, 0.1) is 5.41 Å². The zero-order chi connectivity index (χ0) is 13.7. The molecule has 1 aromatic rings. The summed E-state index contributed by atoms with van der Waals surface area (Å²) in [5.74, 6) is 1.14. The van der Waals surface area contributed by atoms with Crippen molar-refractivity contribution in [1.82, 2.24) is 5.32 Å². The van der Waals surface area contributed by atoms with Crippen molar-refractivity contribution in [2.45, 2.75) is 57.1 Å². The zero-order valence-corrected chi connectivity index (χ0v) is 13.3. The second kappa shape index (κ2) is 6.81. The predicted molar refractivity (Wildman–Crippen MR) is 86.6 cm³/mol. The zero-order valence-electron chi connectivity index (χ0n) is 12.5. The van der Waals surface area contributed by atoms with Gasteiger partial charge in [-0.3, -0.25) is 0 Å². The van der Waals surface area contributed by atoms with Crippen molar-refractivity contribution in [1.29, 1.82) is 0 Å². The monoisotopic (exact) mass is 277 g/mol. The third kappa shape index (κ3) is 4.54. The molecule has 0 saturated heterocycles. The molecule has 2 heteroatoms. The van der Waals surface area contributed by atoms with Crippen LogP contribution < -0.4 is 5.32 Å². The second-order valence-electron chi connectivity index (χ2n) is 6.41. The molecule has 0 heterocycles. The average Bonchev–Trinajstić information content (AvgIpc) is 2.40. The summed E-state index contributed by atoms with van der Waals surface area (Å²) >= 11 is 2.14. The number of thioether (sulfide) groups is 1. The first kappa shape index (κ1) is 14.9. The van der Waals surface area contributed by atoms with E-state index in [-0.39, 0.29) is 0 Å². The maximum absolute atomic E-state index is 3.69. The van der Waals surface area contributed by atoms with Gasteiger partial charge in [0.15, 0.2) is 0 Å². The highest BCUT2D eigenvalue weighted by molar-refractivity contribution is 7.99. The molecule has 0 amide bonds. The van der Waals surface area contributed by atoms with Gasteiger partial charge in [0.1, 0.15) is 0 Å². The molecular formula is C17H27NS. The summed E-state index contributed by atoms with van der Waals surface area (Å²) in [6.07, 6.45) is 4.02. The molecule has 1 nitrogen and oxygen atoms in total. The van der Waals surface area contributed by atoms with Crippen molar-refractivity contribution in [3.8, 4) is 0 Å². The fraction of sp³-hybridized carbons (Fsp3) is 0.647. The Balaban J connectivity index is 1.94. The van der Waals surface area contributed by atoms with Crippen molar-refractivity contribution in [3.63, 3.8) is 0 Å². The summed E-state index contributed by atoms with van der Waals surface area (Å²) in [7, 11) is 0. The van der Waals surface area contributed by atoms with E-state index in [1.165, 1.54) is 24.8 Å². The minimum Gasteiger partial charge on any atom is -0.313 e. The van der Waals surface area contributed by atoms with Gasteiger partial charge >= 0.3 is 0 Å². The van der Waals surface area contributed by atoms with E-state index in [0.717, 1.165) is 17.5 Å². The summed E-state index contributed by atoms with van der Waals surface area (Å²) < 4.78 is 0. The highest BCUT2D eigenvalue weighted by Gasteiger charge is 2.34. The van der Waals surface area contributed by atoms with Crippen LogP contribution in [0.1, 0.15) is 45.6 Å². The second-order valence-corrected chi connectivity index (χ2v) is 7.63. The van der Waals surface area contributed by atoms with Gasteiger partial charge in [0.25, 0.3) is 0 Å². The summed E-state index contributed by atoms with van der Waals surface area (Å²) in [6, 6.07) is 11.6. The van der Waals surface area contributed by atoms with Gasteiger partial charge in [-0.05, 0) is 36.8 Å². The van der Waals surface area contributed by atoms with E-state index in [0.29, 0.717) is 11.5 Å². The Morgan fingerprint density at radius 3 is 2.68 bits per heavy atom. The summed E-state index contributed by atoms with van der Waals surface area (Å²) in [4.78, 5) is 0. The number of hydrogen-bond donors (Lipinski definition) is 1. The van der Waals surface area contributed by atoms with Crippen LogP contribution in [0.4, 0.5) is 0 Å². The molecule has 2 unspecified atom stereocenters. The van der Waals surface area contributed by atoms with Crippen LogP contribution in [-0.2, 0) is 5.75 Å². The maximum atomic E-state index is 3.69. The minimum absolute atomic E-state index is 0.514. The molecular weight excluding hydrogens is 250 g/mol. The number of benzene rings is 1. The molecule has 2 rings (SSSR count). The molecule has 0 spiro atoms. The van der Waals surface area contributed by atoms with Crippen LogP contribution in [0.3, 0.4) is 0 Å². The van der Waals surface area contributed by atoms with Gasteiger partial charge in [-0.25, -0.2) is 0 Å². The van der Waals surface area contributed by atoms with E-state index in [1.54, 1.807) is 0 Å². The lowest BCUT2D eigenvalue weighted by atomic mass is 9.75. The molecule has 1 fully saturated rings. The van der Waals surface area contributed by atoms with Gasteiger partial charge in [0.05, 0.1) is 0 Å². The molecule has 106 valence electrons. The average molecular weight is 277 g/mol. The smallest absolute Gasteiger partial charge is 0.0209 e. The van der Waals surface area contributed by atoms with Gasteiger partial charge in [-0.1, -0.05) is 51.1 Å².